The summed E-state index contributed by atoms with van der Waals surface area (Å²) in [4.78, 5) is 0. The highest BCUT2D eigenvalue weighted by atomic mass is 32.2. The van der Waals surface area contributed by atoms with Crippen molar-refractivity contribution in [2.75, 3.05) is 13.1 Å². The highest BCUT2D eigenvalue weighted by molar-refractivity contribution is 7.87. The molecule has 1 N–H and O–H groups in total. The first kappa shape index (κ1) is 10.6. The van der Waals surface area contributed by atoms with Crippen LogP contribution in [0, 0.1) is 6.92 Å². The van der Waals surface area contributed by atoms with Gasteiger partial charge in [-0.05, 0) is 18.1 Å². The molecule has 0 bridgehead atoms. The standard InChI is InChI=1S/C10H14N2O2S/c1-9-4-2-3-5-10(9)8-11-15(13,14)12-6-7-12/h2-5,11H,6-8H2,1H3. The van der Waals surface area contributed by atoms with Gasteiger partial charge in [0.25, 0.3) is 10.2 Å². The van der Waals surface area contributed by atoms with Gasteiger partial charge in [-0.15, -0.1) is 0 Å². The van der Waals surface area contributed by atoms with Gasteiger partial charge in [0.1, 0.15) is 0 Å². The van der Waals surface area contributed by atoms with Crippen LogP contribution in [0.15, 0.2) is 24.3 Å². The number of nitrogens with one attached hydrogen (secondary N) is 1. The Morgan fingerprint density at radius 3 is 2.60 bits per heavy atom. The molecule has 5 heteroatoms. The molecule has 4 nitrogen and oxygen atoms in total. The first-order valence-electron chi connectivity index (χ1n) is 4.89. The van der Waals surface area contributed by atoms with Crippen LogP contribution in [0.5, 0.6) is 0 Å². The van der Waals surface area contributed by atoms with Crippen molar-refractivity contribution in [3.63, 3.8) is 0 Å². The Hall–Kier alpha value is -0.910. The van der Waals surface area contributed by atoms with Crippen molar-refractivity contribution in [1.82, 2.24) is 9.03 Å². The summed E-state index contributed by atoms with van der Waals surface area (Å²) in [6, 6.07) is 7.76. The van der Waals surface area contributed by atoms with Gasteiger partial charge in [-0.25, -0.2) is 0 Å². The second kappa shape index (κ2) is 3.92. The van der Waals surface area contributed by atoms with E-state index in [4.69, 9.17) is 0 Å². The van der Waals surface area contributed by atoms with E-state index in [1.165, 1.54) is 4.31 Å². The summed E-state index contributed by atoms with van der Waals surface area (Å²) in [6.45, 7) is 3.62. The molecule has 0 aliphatic carbocycles. The predicted molar refractivity (Wildman–Crippen MR) is 58.5 cm³/mol. The maximum absolute atomic E-state index is 11.5. The second-order valence-corrected chi connectivity index (χ2v) is 5.41. The summed E-state index contributed by atoms with van der Waals surface area (Å²) in [5, 5.41) is 0. The zero-order valence-corrected chi connectivity index (χ0v) is 9.42. The monoisotopic (exact) mass is 226 g/mol. The fourth-order valence-corrected chi connectivity index (χ4v) is 2.43. The molecule has 1 aromatic carbocycles. The van der Waals surface area contributed by atoms with Crippen LogP contribution < -0.4 is 4.72 Å². The number of nitrogens with zero attached hydrogens (tertiary/aromatic N) is 1. The maximum atomic E-state index is 11.5. The summed E-state index contributed by atoms with van der Waals surface area (Å²) in [5.41, 5.74) is 2.12. The average molecular weight is 226 g/mol. The molecule has 0 radical (unpaired) electrons. The third-order valence-corrected chi connectivity index (χ3v) is 4.01. The number of hydrogen-bond donors (Lipinski definition) is 1. The van der Waals surface area contributed by atoms with Crippen molar-refractivity contribution in [3.8, 4) is 0 Å². The Labute approximate surface area is 90.1 Å². The molecule has 2 rings (SSSR count). The number of rotatable bonds is 4. The quantitative estimate of drug-likeness (QED) is 0.766. The topological polar surface area (TPSA) is 49.2 Å². The van der Waals surface area contributed by atoms with Crippen molar-refractivity contribution in [2.24, 2.45) is 0 Å². The largest absolute Gasteiger partial charge is 0.279 e. The molecular weight excluding hydrogens is 212 g/mol. The smallest absolute Gasteiger partial charge is 0.198 e. The van der Waals surface area contributed by atoms with Gasteiger partial charge in [-0.3, -0.25) is 0 Å². The van der Waals surface area contributed by atoms with Crippen molar-refractivity contribution in [3.05, 3.63) is 35.4 Å². The summed E-state index contributed by atoms with van der Waals surface area (Å²) in [5.74, 6) is 0. The van der Waals surface area contributed by atoms with E-state index < -0.39 is 10.2 Å². The Balaban J connectivity index is 2.02. The highest BCUT2D eigenvalue weighted by Gasteiger charge is 2.31. The van der Waals surface area contributed by atoms with Gasteiger partial charge < -0.3 is 0 Å². The minimum Gasteiger partial charge on any atom is -0.198 e. The molecule has 15 heavy (non-hydrogen) atoms. The normalized spacial score (nSPS) is 16.6. The summed E-state index contributed by atoms with van der Waals surface area (Å²) in [7, 11) is -3.22. The van der Waals surface area contributed by atoms with Crippen LogP contribution in [0.25, 0.3) is 0 Å². The van der Waals surface area contributed by atoms with Gasteiger partial charge in [0, 0.05) is 19.6 Å². The van der Waals surface area contributed by atoms with Crippen LogP contribution in [0.1, 0.15) is 11.1 Å². The Kier molecular flexibility index (Phi) is 2.77. The molecule has 82 valence electrons. The van der Waals surface area contributed by atoms with E-state index in [-0.39, 0.29) is 0 Å². The third-order valence-electron chi connectivity index (χ3n) is 2.45. The third kappa shape index (κ3) is 2.56. The molecule has 0 saturated carbocycles. The van der Waals surface area contributed by atoms with E-state index >= 15 is 0 Å². The molecular formula is C10H14N2O2S. The van der Waals surface area contributed by atoms with E-state index in [2.05, 4.69) is 4.72 Å². The summed E-state index contributed by atoms with van der Waals surface area (Å²) in [6.07, 6.45) is 0. The van der Waals surface area contributed by atoms with Crippen LogP contribution in [-0.2, 0) is 16.8 Å². The molecule has 0 amide bonds. The molecule has 1 heterocycles. The van der Waals surface area contributed by atoms with E-state index in [0.29, 0.717) is 19.6 Å². The lowest BCUT2D eigenvalue weighted by Crippen LogP contribution is -2.29. The van der Waals surface area contributed by atoms with Crippen molar-refractivity contribution >= 4 is 10.2 Å². The lowest BCUT2D eigenvalue weighted by molar-refractivity contribution is 0.546. The first-order chi connectivity index (χ1) is 7.09. The minimum atomic E-state index is -3.22. The van der Waals surface area contributed by atoms with Crippen molar-refractivity contribution in [2.45, 2.75) is 13.5 Å². The molecule has 1 fully saturated rings. The summed E-state index contributed by atoms with van der Waals surface area (Å²) < 4.78 is 27.0. The van der Waals surface area contributed by atoms with E-state index in [0.717, 1.165) is 11.1 Å². The van der Waals surface area contributed by atoms with Gasteiger partial charge in [0.15, 0.2) is 0 Å². The fourth-order valence-electron chi connectivity index (χ4n) is 1.35. The van der Waals surface area contributed by atoms with Crippen LogP contribution in [-0.4, -0.2) is 25.8 Å². The molecule has 1 aliphatic heterocycles. The van der Waals surface area contributed by atoms with E-state index in [1.807, 2.05) is 31.2 Å². The predicted octanol–water partition coefficient (Wildman–Crippen LogP) is 0.645. The van der Waals surface area contributed by atoms with Crippen LogP contribution in [0.4, 0.5) is 0 Å². The SMILES string of the molecule is Cc1ccccc1CNS(=O)(=O)N1CC1. The molecule has 1 aliphatic rings. The molecule has 0 atom stereocenters. The van der Waals surface area contributed by atoms with Gasteiger partial charge >= 0.3 is 0 Å². The number of benzene rings is 1. The highest BCUT2D eigenvalue weighted by Crippen LogP contribution is 2.11. The maximum Gasteiger partial charge on any atom is 0.279 e. The lowest BCUT2D eigenvalue weighted by atomic mass is 10.1. The fraction of sp³-hybridized carbons (Fsp3) is 0.400. The first-order valence-corrected chi connectivity index (χ1v) is 6.33. The zero-order chi connectivity index (χ0) is 10.9. The van der Waals surface area contributed by atoms with Gasteiger partial charge in [0.05, 0.1) is 0 Å². The Bertz CT molecular complexity index is 452. The zero-order valence-electron chi connectivity index (χ0n) is 8.60. The van der Waals surface area contributed by atoms with Gasteiger partial charge in [-0.1, -0.05) is 24.3 Å². The van der Waals surface area contributed by atoms with Crippen molar-refractivity contribution < 1.29 is 8.42 Å². The Morgan fingerprint density at radius 1 is 1.33 bits per heavy atom. The van der Waals surface area contributed by atoms with E-state index in [9.17, 15) is 8.42 Å². The second-order valence-electron chi connectivity index (χ2n) is 3.65. The molecule has 0 spiro atoms. The minimum absolute atomic E-state index is 0.367. The molecule has 0 aromatic heterocycles. The number of aryl methyl sites for hydroxylation is 1. The number of hydrogen-bond acceptors (Lipinski definition) is 2. The van der Waals surface area contributed by atoms with Gasteiger partial charge in [0.2, 0.25) is 0 Å². The summed E-state index contributed by atoms with van der Waals surface area (Å²) >= 11 is 0. The van der Waals surface area contributed by atoms with Crippen LogP contribution in [0.2, 0.25) is 0 Å². The molecule has 0 unspecified atom stereocenters. The van der Waals surface area contributed by atoms with Crippen LogP contribution >= 0.6 is 0 Å². The van der Waals surface area contributed by atoms with E-state index in [1.54, 1.807) is 0 Å². The van der Waals surface area contributed by atoms with Crippen molar-refractivity contribution in [1.29, 1.82) is 0 Å². The lowest BCUT2D eigenvalue weighted by Gasteiger charge is -2.08. The molecule has 1 saturated heterocycles. The van der Waals surface area contributed by atoms with Gasteiger partial charge in [-0.2, -0.15) is 17.4 Å². The Morgan fingerprint density at radius 2 is 2.00 bits per heavy atom. The average Bonchev–Trinajstić information content (AvgIpc) is 3.00. The van der Waals surface area contributed by atoms with Crippen LogP contribution in [0.3, 0.4) is 0 Å². The molecule has 1 aromatic rings.